The number of hydrogen-bond donors (Lipinski definition) is 1. The van der Waals surface area contributed by atoms with E-state index >= 15 is 0 Å². The van der Waals surface area contributed by atoms with Crippen LogP contribution >= 0.6 is 0 Å². The molecule has 122 valence electrons. The molecule has 0 aliphatic carbocycles. The summed E-state index contributed by atoms with van der Waals surface area (Å²) in [6, 6.07) is 5.91. The van der Waals surface area contributed by atoms with Crippen LogP contribution in [-0.4, -0.2) is 33.6 Å². The third-order valence-corrected chi connectivity index (χ3v) is 3.00. The maximum absolute atomic E-state index is 11.9. The van der Waals surface area contributed by atoms with Crippen molar-refractivity contribution >= 4 is 11.9 Å². The first kappa shape index (κ1) is 18.9. The van der Waals surface area contributed by atoms with Crippen LogP contribution in [0.3, 0.4) is 0 Å². The molecule has 6 nitrogen and oxygen atoms in total. The molecule has 0 unspecified atom stereocenters. The SMILES string of the molecule is CCCCOC(=O)c1ccnc(-c2cc(C(=O)O)ccn2)c1.[Ru]. The quantitative estimate of drug-likeness (QED) is 0.455. The number of carbonyl (C=O) groups is 2. The van der Waals surface area contributed by atoms with Gasteiger partial charge < -0.3 is 9.84 Å². The first-order valence-electron chi connectivity index (χ1n) is 6.94. The molecule has 23 heavy (non-hydrogen) atoms. The van der Waals surface area contributed by atoms with E-state index in [4.69, 9.17) is 9.84 Å². The monoisotopic (exact) mass is 402 g/mol. The van der Waals surface area contributed by atoms with Crippen molar-refractivity contribution in [2.75, 3.05) is 6.61 Å². The van der Waals surface area contributed by atoms with E-state index in [1.165, 1.54) is 24.5 Å². The molecule has 0 bridgehead atoms. The minimum Gasteiger partial charge on any atom is -0.478 e. The van der Waals surface area contributed by atoms with Crippen LogP contribution in [0.25, 0.3) is 11.4 Å². The second-order valence-corrected chi connectivity index (χ2v) is 4.65. The largest absolute Gasteiger partial charge is 0.478 e. The molecule has 0 saturated carbocycles. The Labute approximate surface area is 146 Å². The van der Waals surface area contributed by atoms with E-state index in [1.807, 2.05) is 6.92 Å². The van der Waals surface area contributed by atoms with Gasteiger partial charge in [-0.2, -0.15) is 0 Å². The first-order valence-corrected chi connectivity index (χ1v) is 6.94. The summed E-state index contributed by atoms with van der Waals surface area (Å²) in [5.41, 5.74) is 1.29. The van der Waals surface area contributed by atoms with E-state index in [0.29, 0.717) is 23.6 Å². The molecule has 0 radical (unpaired) electrons. The number of pyridine rings is 2. The first-order chi connectivity index (χ1) is 10.6. The van der Waals surface area contributed by atoms with Gasteiger partial charge in [0.15, 0.2) is 0 Å². The Hall–Kier alpha value is -2.14. The summed E-state index contributed by atoms with van der Waals surface area (Å²) in [5, 5.41) is 9.00. The van der Waals surface area contributed by atoms with E-state index in [2.05, 4.69) is 9.97 Å². The van der Waals surface area contributed by atoms with Crippen LogP contribution in [0.2, 0.25) is 0 Å². The third kappa shape index (κ3) is 5.21. The van der Waals surface area contributed by atoms with Crippen molar-refractivity contribution in [2.24, 2.45) is 0 Å². The second kappa shape index (κ2) is 9.10. The fraction of sp³-hybridized carbons (Fsp3) is 0.250. The van der Waals surface area contributed by atoms with E-state index in [1.54, 1.807) is 12.1 Å². The number of ether oxygens (including phenoxy) is 1. The van der Waals surface area contributed by atoms with Gasteiger partial charge in [-0.25, -0.2) is 9.59 Å². The van der Waals surface area contributed by atoms with E-state index < -0.39 is 11.9 Å². The average Bonchev–Trinajstić information content (AvgIpc) is 2.55. The van der Waals surface area contributed by atoms with Gasteiger partial charge in [-0.15, -0.1) is 0 Å². The van der Waals surface area contributed by atoms with Crippen LogP contribution in [0.5, 0.6) is 0 Å². The summed E-state index contributed by atoms with van der Waals surface area (Å²) < 4.78 is 5.14. The molecule has 2 rings (SSSR count). The van der Waals surface area contributed by atoms with Gasteiger partial charge in [-0.1, -0.05) is 13.3 Å². The standard InChI is InChI=1S/C16H16N2O4.Ru/c1-2-3-8-22-16(21)12-5-7-18-14(10-12)13-9-11(15(19)20)4-6-17-13;/h4-7,9-10H,2-3,8H2,1H3,(H,19,20);. The Balaban J connectivity index is 0.00000264. The zero-order valence-corrected chi connectivity index (χ0v) is 14.2. The molecule has 0 aliphatic rings. The molecule has 0 atom stereocenters. The Morgan fingerprint density at radius 3 is 2.22 bits per heavy atom. The van der Waals surface area contributed by atoms with Gasteiger partial charge in [0.1, 0.15) is 0 Å². The number of nitrogens with zero attached hydrogens (tertiary/aromatic N) is 2. The second-order valence-electron chi connectivity index (χ2n) is 4.65. The van der Waals surface area contributed by atoms with Crippen molar-refractivity contribution in [1.29, 1.82) is 0 Å². The van der Waals surface area contributed by atoms with Crippen molar-refractivity contribution in [2.45, 2.75) is 19.8 Å². The molecule has 2 heterocycles. The summed E-state index contributed by atoms with van der Waals surface area (Å²) in [7, 11) is 0. The summed E-state index contributed by atoms with van der Waals surface area (Å²) in [4.78, 5) is 31.1. The van der Waals surface area contributed by atoms with Crippen LogP contribution in [-0.2, 0) is 24.2 Å². The molecule has 2 aromatic rings. The Morgan fingerprint density at radius 2 is 1.65 bits per heavy atom. The van der Waals surface area contributed by atoms with E-state index in [-0.39, 0.29) is 25.0 Å². The minimum atomic E-state index is -1.04. The average molecular weight is 401 g/mol. The molecule has 0 aromatic carbocycles. The number of carbonyl (C=O) groups excluding carboxylic acids is 1. The molecule has 0 amide bonds. The molecule has 1 N–H and O–H groups in total. The van der Waals surface area contributed by atoms with Gasteiger partial charge in [0.05, 0.1) is 29.1 Å². The fourth-order valence-electron chi connectivity index (χ4n) is 1.79. The Bertz CT molecular complexity index is 691. The van der Waals surface area contributed by atoms with Crippen molar-refractivity contribution in [1.82, 2.24) is 9.97 Å². The predicted octanol–water partition coefficient (Wildman–Crippen LogP) is 2.80. The minimum absolute atomic E-state index is 0. The summed E-state index contributed by atoms with van der Waals surface area (Å²) >= 11 is 0. The predicted molar refractivity (Wildman–Crippen MR) is 79.6 cm³/mol. The molecular weight excluding hydrogens is 385 g/mol. The molecule has 0 spiro atoms. The number of carboxylic acid groups (broad SMARTS) is 1. The maximum atomic E-state index is 11.9. The van der Waals surface area contributed by atoms with Crippen LogP contribution in [0.1, 0.15) is 40.5 Å². The van der Waals surface area contributed by atoms with Gasteiger partial charge in [0.25, 0.3) is 0 Å². The smallest absolute Gasteiger partial charge is 0.338 e. The number of hydrogen-bond acceptors (Lipinski definition) is 5. The number of esters is 1. The maximum Gasteiger partial charge on any atom is 0.338 e. The van der Waals surface area contributed by atoms with Crippen LogP contribution in [0.15, 0.2) is 36.7 Å². The Morgan fingerprint density at radius 1 is 1.09 bits per heavy atom. The van der Waals surface area contributed by atoms with Gasteiger partial charge in [-0.3, -0.25) is 9.97 Å². The number of carboxylic acids is 1. The van der Waals surface area contributed by atoms with Crippen molar-refractivity contribution in [3.05, 3.63) is 47.8 Å². The normalized spacial score (nSPS) is 9.78. The fourth-order valence-corrected chi connectivity index (χ4v) is 1.79. The number of unbranched alkanes of at least 4 members (excludes halogenated alkanes) is 1. The molecule has 0 aliphatic heterocycles. The molecule has 2 aromatic heterocycles. The van der Waals surface area contributed by atoms with Crippen molar-refractivity contribution in [3.8, 4) is 11.4 Å². The summed E-state index contributed by atoms with van der Waals surface area (Å²) in [5.74, 6) is -1.47. The van der Waals surface area contributed by atoms with E-state index in [9.17, 15) is 9.59 Å². The van der Waals surface area contributed by atoms with Crippen LogP contribution in [0.4, 0.5) is 0 Å². The number of aromatic carboxylic acids is 1. The number of aromatic nitrogens is 2. The van der Waals surface area contributed by atoms with Gasteiger partial charge >= 0.3 is 11.9 Å². The van der Waals surface area contributed by atoms with Gasteiger partial charge in [0, 0.05) is 31.9 Å². The molecule has 7 heteroatoms. The zero-order chi connectivity index (χ0) is 15.9. The van der Waals surface area contributed by atoms with Crippen molar-refractivity contribution in [3.63, 3.8) is 0 Å². The summed E-state index contributed by atoms with van der Waals surface area (Å²) in [6.45, 7) is 2.39. The van der Waals surface area contributed by atoms with Gasteiger partial charge in [0.2, 0.25) is 0 Å². The topological polar surface area (TPSA) is 89.4 Å². The third-order valence-electron chi connectivity index (χ3n) is 3.00. The zero-order valence-electron chi connectivity index (χ0n) is 12.5. The van der Waals surface area contributed by atoms with Crippen molar-refractivity contribution < 1.29 is 38.9 Å². The molecule has 0 saturated heterocycles. The molecule has 0 fully saturated rings. The number of rotatable bonds is 6. The van der Waals surface area contributed by atoms with E-state index in [0.717, 1.165) is 12.8 Å². The molecular formula is C16H16N2O4Ru. The summed E-state index contributed by atoms with van der Waals surface area (Å²) in [6.07, 6.45) is 4.63. The van der Waals surface area contributed by atoms with Crippen LogP contribution < -0.4 is 0 Å². The van der Waals surface area contributed by atoms with Gasteiger partial charge in [-0.05, 0) is 30.7 Å². The van der Waals surface area contributed by atoms with Crippen LogP contribution in [0, 0.1) is 0 Å². The Kier molecular flexibility index (Phi) is 7.49.